The van der Waals surface area contributed by atoms with Crippen LogP contribution < -0.4 is 10.1 Å². The highest BCUT2D eigenvalue weighted by atomic mass is 16.5. The van der Waals surface area contributed by atoms with Crippen molar-refractivity contribution in [3.8, 4) is 5.75 Å². The SMILES string of the molecule is CCCOC1(C(=O)Nc2ccc(OCCCN(CC)CC)cc2)CCCC(C)C1. The number of nitrogens with one attached hydrogen (secondary N) is 1. The van der Waals surface area contributed by atoms with Crippen molar-refractivity contribution in [1.82, 2.24) is 4.90 Å². The molecule has 1 aliphatic carbocycles. The van der Waals surface area contributed by atoms with Crippen LogP contribution in [0.2, 0.25) is 0 Å². The monoisotopic (exact) mass is 404 g/mol. The summed E-state index contributed by atoms with van der Waals surface area (Å²) in [5.74, 6) is 1.34. The molecular weight excluding hydrogens is 364 g/mol. The van der Waals surface area contributed by atoms with E-state index in [2.05, 4.69) is 37.9 Å². The Morgan fingerprint density at radius 2 is 1.90 bits per heavy atom. The zero-order valence-electron chi connectivity index (χ0n) is 18.8. The molecule has 1 saturated carbocycles. The Balaban J connectivity index is 1.87. The van der Waals surface area contributed by atoms with E-state index in [-0.39, 0.29) is 5.91 Å². The van der Waals surface area contributed by atoms with Crippen LogP contribution in [0.1, 0.15) is 66.2 Å². The van der Waals surface area contributed by atoms with E-state index in [1.807, 2.05) is 24.3 Å². The van der Waals surface area contributed by atoms with Crippen LogP contribution in [-0.2, 0) is 9.53 Å². The van der Waals surface area contributed by atoms with E-state index in [0.717, 1.165) is 63.2 Å². The molecule has 0 bridgehead atoms. The molecule has 1 fully saturated rings. The van der Waals surface area contributed by atoms with Crippen molar-refractivity contribution in [3.63, 3.8) is 0 Å². The minimum atomic E-state index is -0.687. The molecule has 0 aromatic heterocycles. The Morgan fingerprint density at radius 3 is 2.52 bits per heavy atom. The average Bonchev–Trinajstić information content (AvgIpc) is 2.73. The third-order valence-corrected chi connectivity index (χ3v) is 5.85. The van der Waals surface area contributed by atoms with Gasteiger partial charge in [0.25, 0.3) is 5.91 Å². The summed E-state index contributed by atoms with van der Waals surface area (Å²) in [5, 5.41) is 3.08. The van der Waals surface area contributed by atoms with E-state index in [9.17, 15) is 4.79 Å². The number of amides is 1. The molecule has 5 heteroatoms. The smallest absolute Gasteiger partial charge is 0.256 e. The number of hydrogen-bond acceptors (Lipinski definition) is 4. The van der Waals surface area contributed by atoms with Gasteiger partial charge in [0.05, 0.1) is 6.61 Å². The van der Waals surface area contributed by atoms with Gasteiger partial charge in [-0.1, -0.05) is 34.1 Å². The first-order valence-electron chi connectivity index (χ1n) is 11.4. The van der Waals surface area contributed by atoms with Crippen molar-refractivity contribution in [1.29, 1.82) is 0 Å². The van der Waals surface area contributed by atoms with Crippen LogP contribution in [-0.4, -0.2) is 49.3 Å². The number of carbonyl (C=O) groups excluding carboxylic acids is 1. The molecule has 5 nitrogen and oxygen atoms in total. The van der Waals surface area contributed by atoms with E-state index >= 15 is 0 Å². The Kier molecular flexibility index (Phi) is 9.95. The summed E-state index contributed by atoms with van der Waals surface area (Å²) in [7, 11) is 0. The van der Waals surface area contributed by atoms with Crippen molar-refractivity contribution in [2.45, 2.75) is 71.8 Å². The van der Waals surface area contributed by atoms with Crippen LogP contribution >= 0.6 is 0 Å². The lowest BCUT2D eigenvalue weighted by molar-refractivity contribution is -0.148. The molecule has 1 aliphatic rings. The molecule has 29 heavy (non-hydrogen) atoms. The quantitative estimate of drug-likeness (QED) is 0.492. The highest BCUT2D eigenvalue weighted by molar-refractivity contribution is 5.97. The number of ether oxygens (including phenoxy) is 2. The van der Waals surface area contributed by atoms with Crippen molar-refractivity contribution in [2.24, 2.45) is 5.92 Å². The Morgan fingerprint density at radius 1 is 1.17 bits per heavy atom. The molecule has 164 valence electrons. The minimum absolute atomic E-state index is 0.00890. The summed E-state index contributed by atoms with van der Waals surface area (Å²) in [6.07, 6.45) is 5.74. The van der Waals surface area contributed by atoms with E-state index < -0.39 is 5.60 Å². The van der Waals surface area contributed by atoms with Crippen LogP contribution in [0.15, 0.2) is 24.3 Å². The summed E-state index contributed by atoms with van der Waals surface area (Å²) in [6, 6.07) is 7.68. The van der Waals surface area contributed by atoms with Crippen molar-refractivity contribution in [2.75, 3.05) is 38.2 Å². The standard InChI is InChI=1S/C24H40N2O3/c1-5-17-29-24(15-8-10-20(4)19-24)23(27)25-21-11-13-22(14-12-21)28-18-9-16-26(6-2)7-3/h11-14,20H,5-10,15-19H2,1-4H3,(H,25,27). The van der Waals surface area contributed by atoms with Crippen molar-refractivity contribution >= 4 is 11.6 Å². The first-order valence-corrected chi connectivity index (χ1v) is 11.4. The summed E-state index contributed by atoms with van der Waals surface area (Å²) in [4.78, 5) is 15.5. The number of carbonyl (C=O) groups is 1. The van der Waals surface area contributed by atoms with Crippen LogP contribution in [0.4, 0.5) is 5.69 Å². The van der Waals surface area contributed by atoms with Crippen molar-refractivity contribution < 1.29 is 14.3 Å². The fourth-order valence-electron chi connectivity index (χ4n) is 4.10. The number of rotatable bonds is 12. The number of benzene rings is 1. The van der Waals surface area contributed by atoms with Gasteiger partial charge in [-0.15, -0.1) is 0 Å². The van der Waals surface area contributed by atoms with Gasteiger partial charge in [-0.2, -0.15) is 0 Å². The molecule has 1 aromatic rings. The lowest BCUT2D eigenvalue weighted by Crippen LogP contribution is -2.48. The second-order valence-corrected chi connectivity index (χ2v) is 8.25. The summed E-state index contributed by atoms with van der Waals surface area (Å²) < 4.78 is 12.0. The lowest BCUT2D eigenvalue weighted by Gasteiger charge is -2.38. The molecule has 2 rings (SSSR count). The highest BCUT2D eigenvalue weighted by Gasteiger charge is 2.42. The minimum Gasteiger partial charge on any atom is -0.494 e. The van der Waals surface area contributed by atoms with Crippen LogP contribution in [0.3, 0.4) is 0 Å². The van der Waals surface area contributed by atoms with E-state index in [1.165, 1.54) is 6.42 Å². The molecule has 0 aliphatic heterocycles. The van der Waals surface area contributed by atoms with Gasteiger partial charge >= 0.3 is 0 Å². The van der Waals surface area contributed by atoms with Crippen LogP contribution in [0.25, 0.3) is 0 Å². The first-order chi connectivity index (χ1) is 14.0. The maximum absolute atomic E-state index is 13.1. The maximum Gasteiger partial charge on any atom is 0.256 e. The molecule has 1 amide bonds. The third-order valence-electron chi connectivity index (χ3n) is 5.85. The third kappa shape index (κ3) is 7.31. The zero-order valence-corrected chi connectivity index (χ0v) is 18.8. The summed E-state index contributed by atoms with van der Waals surface area (Å²) >= 11 is 0. The van der Waals surface area contributed by atoms with Gasteiger partial charge in [0, 0.05) is 18.8 Å². The second-order valence-electron chi connectivity index (χ2n) is 8.25. The summed E-state index contributed by atoms with van der Waals surface area (Å²) in [5.41, 5.74) is 0.107. The predicted octanol–water partition coefficient (Wildman–Crippen LogP) is 5.11. The molecular formula is C24H40N2O3. The largest absolute Gasteiger partial charge is 0.494 e. The van der Waals surface area contributed by atoms with E-state index in [4.69, 9.17) is 9.47 Å². The molecule has 2 atom stereocenters. The Bertz CT molecular complexity index is 601. The van der Waals surface area contributed by atoms with Gasteiger partial charge < -0.3 is 19.7 Å². The average molecular weight is 405 g/mol. The molecule has 0 radical (unpaired) electrons. The van der Waals surface area contributed by atoms with Gasteiger partial charge in [0.1, 0.15) is 11.4 Å². The zero-order chi connectivity index (χ0) is 21.1. The van der Waals surface area contributed by atoms with Gasteiger partial charge in [-0.3, -0.25) is 4.79 Å². The fraction of sp³-hybridized carbons (Fsp3) is 0.708. The Labute approximate surface area is 177 Å². The lowest BCUT2D eigenvalue weighted by atomic mass is 9.78. The maximum atomic E-state index is 13.1. The number of nitrogens with zero attached hydrogens (tertiary/aromatic N) is 1. The first kappa shape index (κ1) is 23.7. The number of hydrogen-bond donors (Lipinski definition) is 1. The highest BCUT2D eigenvalue weighted by Crippen LogP contribution is 2.36. The fourth-order valence-corrected chi connectivity index (χ4v) is 4.10. The van der Waals surface area contributed by atoms with E-state index in [0.29, 0.717) is 19.1 Å². The molecule has 1 N–H and O–H groups in total. The normalized spacial score (nSPS) is 21.9. The van der Waals surface area contributed by atoms with Crippen molar-refractivity contribution in [3.05, 3.63) is 24.3 Å². The predicted molar refractivity (Wildman–Crippen MR) is 120 cm³/mol. The van der Waals surface area contributed by atoms with Gasteiger partial charge in [0.15, 0.2) is 0 Å². The van der Waals surface area contributed by atoms with Crippen LogP contribution in [0, 0.1) is 5.92 Å². The topological polar surface area (TPSA) is 50.8 Å². The summed E-state index contributed by atoms with van der Waals surface area (Å²) in [6.45, 7) is 13.2. The molecule has 0 saturated heterocycles. The molecule has 0 heterocycles. The van der Waals surface area contributed by atoms with E-state index in [1.54, 1.807) is 0 Å². The van der Waals surface area contributed by atoms with Gasteiger partial charge in [-0.05, 0) is 75.4 Å². The van der Waals surface area contributed by atoms with Crippen LogP contribution in [0.5, 0.6) is 5.75 Å². The molecule has 0 spiro atoms. The second kappa shape index (κ2) is 12.2. The Hall–Kier alpha value is -1.59. The van der Waals surface area contributed by atoms with Gasteiger partial charge in [0.2, 0.25) is 0 Å². The van der Waals surface area contributed by atoms with Gasteiger partial charge in [-0.25, -0.2) is 0 Å². The number of anilines is 1. The molecule has 2 unspecified atom stereocenters. The molecule has 1 aromatic carbocycles.